The van der Waals surface area contributed by atoms with Crippen LogP contribution in [0.1, 0.15) is 5.56 Å². The maximum absolute atomic E-state index is 6.07. The Morgan fingerprint density at radius 1 is 1.12 bits per heavy atom. The molecule has 1 aromatic heterocycles. The standard InChI is InChI=1S/C20H22N4OS/c1-23(2)22-20(24-13-12-21-16-24)18-10-6-7-11-19(18)25-14-15-26-17-8-4-3-5-9-17/h3-13,16H,14-15H2,1-2H3/b22-20-. The number of rotatable bonds is 7. The molecule has 6 heteroatoms. The number of thioether (sulfide) groups is 1. The predicted molar refractivity (Wildman–Crippen MR) is 107 cm³/mol. The zero-order valence-corrected chi connectivity index (χ0v) is 15.8. The highest BCUT2D eigenvalue weighted by atomic mass is 32.2. The molecule has 26 heavy (non-hydrogen) atoms. The van der Waals surface area contributed by atoms with Gasteiger partial charge in [-0.25, -0.2) is 4.98 Å². The first-order chi connectivity index (χ1) is 12.7. The van der Waals surface area contributed by atoms with E-state index in [0.29, 0.717) is 6.61 Å². The Balaban J connectivity index is 1.72. The second-order valence-electron chi connectivity index (χ2n) is 5.75. The van der Waals surface area contributed by atoms with E-state index in [1.807, 2.05) is 67.3 Å². The van der Waals surface area contributed by atoms with E-state index in [9.17, 15) is 0 Å². The van der Waals surface area contributed by atoms with Gasteiger partial charge in [-0.1, -0.05) is 30.3 Å². The van der Waals surface area contributed by atoms with E-state index in [1.54, 1.807) is 29.3 Å². The van der Waals surface area contributed by atoms with Crippen molar-refractivity contribution < 1.29 is 4.74 Å². The summed E-state index contributed by atoms with van der Waals surface area (Å²) < 4.78 is 7.96. The van der Waals surface area contributed by atoms with Gasteiger partial charge in [0.15, 0.2) is 5.84 Å². The van der Waals surface area contributed by atoms with Gasteiger partial charge in [0.2, 0.25) is 0 Å². The van der Waals surface area contributed by atoms with Gasteiger partial charge in [0.25, 0.3) is 0 Å². The van der Waals surface area contributed by atoms with Crippen molar-refractivity contribution in [3.05, 3.63) is 78.9 Å². The number of aromatic nitrogens is 2. The van der Waals surface area contributed by atoms with Crippen LogP contribution in [0.5, 0.6) is 5.75 Å². The average Bonchev–Trinajstić information content (AvgIpc) is 3.19. The zero-order valence-electron chi connectivity index (χ0n) is 14.9. The van der Waals surface area contributed by atoms with E-state index in [-0.39, 0.29) is 0 Å². The molecule has 5 nitrogen and oxygen atoms in total. The number of hydrogen-bond donors (Lipinski definition) is 0. The molecule has 0 atom stereocenters. The third kappa shape index (κ3) is 4.89. The van der Waals surface area contributed by atoms with Crippen molar-refractivity contribution in [1.29, 1.82) is 0 Å². The Bertz CT molecular complexity index is 832. The molecule has 0 bridgehead atoms. The largest absolute Gasteiger partial charge is 0.492 e. The van der Waals surface area contributed by atoms with Gasteiger partial charge in [0, 0.05) is 37.1 Å². The number of benzene rings is 2. The number of imidazole rings is 1. The third-order valence-electron chi connectivity index (χ3n) is 3.52. The molecule has 0 unspecified atom stereocenters. The van der Waals surface area contributed by atoms with E-state index in [2.05, 4.69) is 22.2 Å². The first-order valence-corrected chi connectivity index (χ1v) is 9.37. The molecule has 2 aromatic carbocycles. The van der Waals surface area contributed by atoms with Crippen LogP contribution in [0, 0.1) is 0 Å². The predicted octanol–water partition coefficient (Wildman–Crippen LogP) is 3.83. The fourth-order valence-electron chi connectivity index (χ4n) is 2.42. The minimum atomic E-state index is 0.621. The van der Waals surface area contributed by atoms with Crippen molar-refractivity contribution in [1.82, 2.24) is 14.6 Å². The van der Waals surface area contributed by atoms with Gasteiger partial charge in [-0.3, -0.25) is 4.57 Å². The Morgan fingerprint density at radius 2 is 1.88 bits per heavy atom. The number of hydrogen-bond acceptors (Lipinski definition) is 5. The second-order valence-corrected chi connectivity index (χ2v) is 6.92. The van der Waals surface area contributed by atoms with E-state index in [4.69, 9.17) is 4.74 Å². The Kier molecular flexibility index (Phi) is 6.33. The van der Waals surface area contributed by atoms with E-state index < -0.39 is 0 Å². The maximum atomic E-state index is 6.07. The lowest BCUT2D eigenvalue weighted by atomic mass is 10.2. The number of hydrazone groups is 1. The summed E-state index contributed by atoms with van der Waals surface area (Å²) in [5.41, 5.74) is 0.934. The van der Waals surface area contributed by atoms with Gasteiger partial charge in [-0.05, 0) is 24.3 Å². The highest BCUT2D eigenvalue weighted by molar-refractivity contribution is 7.99. The molecule has 1 heterocycles. The molecular weight excluding hydrogens is 344 g/mol. The number of nitrogens with zero attached hydrogens (tertiary/aromatic N) is 4. The Labute approximate surface area is 158 Å². The lowest BCUT2D eigenvalue weighted by Gasteiger charge is -2.15. The van der Waals surface area contributed by atoms with Crippen molar-refractivity contribution in [3.8, 4) is 5.75 Å². The van der Waals surface area contributed by atoms with Crippen molar-refractivity contribution in [3.63, 3.8) is 0 Å². The van der Waals surface area contributed by atoms with Crippen LogP contribution in [0.3, 0.4) is 0 Å². The molecule has 3 aromatic rings. The van der Waals surface area contributed by atoms with Gasteiger partial charge in [-0.15, -0.1) is 11.8 Å². The van der Waals surface area contributed by atoms with Crippen LogP contribution in [0.2, 0.25) is 0 Å². The van der Waals surface area contributed by atoms with Gasteiger partial charge in [-0.2, -0.15) is 5.10 Å². The summed E-state index contributed by atoms with van der Waals surface area (Å²) in [6.07, 6.45) is 5.36. The third-order valence-corrected chi connectivity index (χ3v) is 4.50. The lowest BCUT2D eigenvalue weighted by Crippen LogP contribution is -2.18. The molecule has 0 spiro atoms. The first kappa shape index (κ1) is 18.1. The van der Waals surface area contributed by atoms with Crippen LogP contribution in [-0.4, -0.2) is 46.9 Å². The highest BCUT2D eigenvalue weighted by Gasteiger charge is 2.13. The summed E-state index contributed by atoms with van der Waals surface area (Å²) in [5.74, 6) is 2.47. The smallest absolute Gasteiger partial charge is 0.168 e. The molecule has 0 aliphatic rings. The summed E-state index contributed by atoms with van der Waals surface area (Å²) in [5, 5.41) is 6.39. The average molecular weight is 366 g/mol. The molecule has 0 saturated heterocycles. The fraction of sp³-hybridized carbons (Fsp3) is 0.200. The molecule has 0 N–H and O–H groups in total. The van der Waals surface area contributed by atoms with Crippen molar-refractivity contribution in [2.45, 2.75) is 4.90 Å². The van der Waals surface area contributed by atoms with Crippen LogP contribution < -0.4 is 4.74 Å². The van der Waals surface area contributed by atoms with Gasteiger partial charge in [0.05, 0.1) is 12.2 Å². The summed E-state index contributed by atoms with van der Waals surface area (Å²) in [6.45, 7) is 0.621. The van der Waals surface area contributed by atoms with E-state index >= 15 is 0 Å². The van der Waals surface area contributed by atoms with Gasteiger partial charge >= 0.3 is 0 Å². The van der Waals surface area contributed by atoms with Crippen molar-refractivity contribution in [2.24, 2.45) is 5.10 Å². The summed E-state index contributed by atoms with van der Waals surface area (Å²) in [4.78, 5) is 5.38. The lowest BCUT2D eigenvalue weighted by molar-refractivity contribution is 0.343. The topological polar surface area (TPSA) is 42.6 Å². The highest BCUT2D eigenvalue weighted by Crippen LogP contribution is 2.22. The van der Waals surface area contributed by atoms with Crippen LogP contribution in [0.25, 0.3) is 0 Å². The SMILES string of the molecule is CN(C)/N=C(/c1ccccc1OCCSc1ccccc1)n1ccnc1. The Morgan fingerprint density at radius 3 is 2.62 bits per heavy atom. The summed E-state index contributed by atoms with van der Waals surface area (Å²) in [6, 6.07) is 18.3. The monoisotopic (exact) mass is 366 g/mol. The van der Waals surface area contributed by atoms with Crippen LogP contribution in [0.4, 0.5) is 0 Å². The minimum Gasteiger partial charge on any atom is -0.492 e. The van der Waals surface area contributed by atoms with Crippen LogP contribution in [0.15, 0.2) is 83.3 Å². The normalized spacial score (nSPS) is 11.4. The minimum absolute atomic E-state index is 0.621. The second kappa shape index (κ2) is 9.10. The molecule has 0 amide bonds. The molecule has 0 fully saturated rings. The first-order valence-electron chi connectivity index (χ1n) is 8.38. The molecule has 134 valence electrons. The zero-order chi connectivity index (χ0) is 18.2. The van der Waals surface area contributed by atoms with E-state index in [1.165, 1.54) is 4.90 Å². The molecular formula is C20H22N4OS. The van der Waals surface area contributed by atoms with E-state index in [0.717, 1.165) is 22.9 Å². The van der Waals surface area contributed by atoms with Gasteiger partial charge < -0.3 is 9.75 Å². The fourth-order valence-corrected chi connectivity index (χ4v) is 3.18. The van der Waals surface area contributed by atoms with Crippen molar-refractivity contribution in [2.75, 3.05) is 26.5 Å². The summed E-state index contributed by atoms with van der Waals surface area (Å²) in [7, 11) is 3.80. The maximum Gasteiger partial charge on any atom is 0.168 e. The van der Waals surface area contributed by atoms with Crippen LogP contribution >= 0.6 is 11.8 Å². The van der Waals surface area contributed by atoms with Crippen LogP contribution in [-0.2, 0) is 0 Å². The molecule has 0 aliphatic heterocycles. The summed E-state index contributed by atoms with van der Waals surface area (Å²) >= 11 is 1.78. The quantitative estimate of drug-likeness (QED) is 0.210. The Hall–Kier alpha value is -2.73. The number of para-hydroxylation sites is 1. The molecule has 0 radical (unpaired) electrons. The van der Waals surface area contributed by atoms with Gasteiger partial charge in [0.1, 0.15) is 12.1 Å². The molecule has 0 aliphatic carbocycles. The molecule has 3 rings (SSSR count). The molecule has 0 saturated carbocycles. The van der Waals surface area contributed by atoms with Crippen molar-refractivity contribution >= 4 is 17.6 Å². The number of ether oxygens (including phenoxy) is 1.